The van der Waals surface area contributed by atoms with Crippen molar-refractivity contribution in [3.8, 4) is 12.1 Å². The topological polar surface area (TPSA) is 160 Å². The van der Waals surface area contributed by atoms with E-state index in [1.54, 1.807) is 43.4 Å². The fourth-order valence-corrected chi connectivity index (χ4v) is 6.85. The normalized spacial score (nSPS) is 15.3. The number of hydrogen-bond acceptors (Lipinski definition) is 8. The summed E-state index contributed by atoms with van der Waals surface area (Å²) in [6.07, 6.45) is 5.34. The molecule has 10 nitrogen and oxygen atoms in total. The number of benzene rings is 4. The summed E-state index contributed by atoms with van der Waals surface area (Å²) in [6, 6.07) is 22.3. The summed E-state index contributed by atoms with van der Waals surface area (Å²) in [5, 5.41) is 20.4. The minimum Gasteiger partial charge on any atom is -0.370 e. The highest BCUT2D eigenvalue weighted by molar-refractivity contribution is 6.08. The van der Waals surface area contributed by atoms with Gasteiger partial charge in [-0.25, -0.2) is 8.78 Å². The number of primary amides is 1. The van der Waals surface area contributed by atoms with E-state index in [4.69, 9.17) is 10.5 Å². The van der Waals surface area contributed by atoms with Crippen molar-refractivity contribution >= 4 is 46.2 Å². The van der Waals surface area contributed by atoms with Gasteiger partial charge in [-0.15, -0.1) is 0 Å². The van der Waals surface area contributed by atoms with E-state index in [1.807, 2.05) is 46.2 Å². The summed E-state index contributed by atoms with van der Waals surface area (Å²) in [7, 11) is 1.78. The molecule has 4 aromatic carbocycles. The first-order valence-electron chi connectivity index (χ1n) is 17.4. The van der Waals surface area contributed by atoms with Crippen LogP contribution in [0.15, 0.2) is 79.4 Å². The Kier molecular flexibility index (Phi) is 14.1. The molecule has 2 fully saturated rings. The molecule has 2 saturated heterocycles. The maximum atomic E-state index is 15.5. The lowest BCUT2D eigenvalue weighted by atomic mass is 9.89. The van der Waals surface area contributed by atoms with Crippen LogP contribution in [0.25, 0.3) is 10.8 Å². The van der Waals surface area contributed by atoms with Crippen LogP contribution < -0.4 is 20.9 Å². The number of hydrogen-bond donors (Lipinski definition) is 2. The molecule has 2 heterocycles. The number of likely N-dealkylation sites (N-methyl/N-ethyl adjacent to an activating group) is 1. The van der Waals surface area contributed by atoms with Crippen molar-refractivity contribution in [2.45, 2.75) is 51.5 Å². The van der Waals surface area contributed by atoms with Crippen LogP contribution >= 0.6 is 0 Å². The molecule has 278 valence electrons. The summed E-state index contributed by atoms with van der Waals surface area (Å²) in [4.78, 5) is 49.4. The molecule has 3 N–H and O–H groups in total. The zero-order valence-corrected chi connectivity index (χ0v) is 30.3. The maximum Gasteiger partial charge on any atom is 0.249 e. The van der Waals surface area contributed by atoms with Gasteiger partial charge in [0.15, 0.2) is 6.29 Å². The molecule has 2 aliphatic rings. The van der Waals surface area contributed by atoms with Crippen molar-refractivity contribution in [3.05, 3.63) is 119 Å². The first kappa shape index (κ1) is 40.4. The largest absolute Gasteiger partial charge is 0.370 e. The Morgan fingerprint density at radius 2 is 1.70 bits per heavy atom. The summed E-state index contributed by atoms with van der Waals surface area (Å²) in [6.45, 7) is 5.81. The second-order valence-corrected chi connectivity index (χ2v) is 13.2. The number of imide groups is 1. The SMILES string of the molecule is C=CC#N.CC(N)=O.CN(c1ccc(Cc2ccc(CC3CCN(c4ccc(C#N)cc4F)CC3)cc2F)c2cccc(C=O)c12)C1CCC(=O)NC1=O. The summed E-state index contributed by atoms with van der Waals surface area (Å²) in [5.41, 5.74) is 8.76. The van der Waals surface area contributed by atoms with Crippen LogP contribution in [0.2, 0.25) is 0 Å². The number of allylic oxidation sites excluding steroid dienone is 1. The Morgan fingerprint density at radius 1 is 1.02 bits per heavy atom. The van der Waals surface area contributed by atoms with Crippen molar-refractivity contribution in [2.24, 2.45) is 11.7 Å². The van der Waals surface area contributed by atoms with Crippen LogP contribution in [0.1, 0.15) is 65.2 Å². The number of carbonyl (C=O) groups excluding carboxylic acids is 4. The van der Waals surface area contributed by atoms with Crippen molar-refractivity contribution in [1.29, 1.82) is 10.5 Å². The van der Waals surface area contributed by atoms with E-state index in [-0.39, 0.29) is 35.8 Å². The van der Waals surface area contributed by atoms with Crippen molar-refractivity contribution in [1.82, 2.24) is 5.32 Å². The number of piperidine rings is 2. The van der Waals surface area contributed by atoms with Crippen LogP contribution in [-0.2, 0) is 27.2 Å². The number of anilines is 2. The molecule has 1 atom stereocenters. The third-order valence-electron chi connectivity index (χ3n) is 9.47. The van der Waals surface area contributed by atoms with Crippen LogP contribution in [0.4, 0.5) is 20.2 Å². The standard InChI is InChI=1S/C37H34F2N4O3.C3H3N.C2H5NO/c1-42(34-11-12-35(45)41-37(34)46)33-10-8-26(29-4-2-3-28(22-44)36(29)33)20-27-7-5-24(18-30(27)38)17-23-13-15-43(16-14-23)32-9-6-25(21-40)19-31(32)39;1-2-3-4;1-2(3)4/h2-10,18-19,22-23,34H,11-17,20H2,1H3,(H,41,45,46);2H,1H2;1H3,(H2,3,4). The number of nitriles is 2. The molecule has 0 bridgehead atoms. The number of carbonyl (C=O) groups is 4. The van der Waals surface area contributed by atoms with Gasteiger partial charge >= 0.3 is 0 Å². The smallest absolute Gasteiger partial charge is 0.249 e. The molecule has 0 aliphatic carbocycles. The monoisotopic (exact) mass is 732 g/mol. The maximum absolute atomic E-state index is 15.5. The summed E-state index contributed by atoms with van der Waals surface area (Å²) < 4.78 is 30.1. The van der Waals surface area contributed by atoms with E-state index in [1.165, 1.54) is 19.1 Å². The zero-order valence-electron chi connectivity index (χ0n) is 30.3. The Balaban J connectivity index is 0.000000740. The van der Waals surface area contributed by atoms with Gasteiger partial charge in [0, 0.05) is 62.6 Å². The first-order valence-corrected chi connectivity index (χ1v) is 17.4. The van der Waals surface area contributed by atoms with Crippen molar-refractivity contribution in [3.63, 3.8) is 0 Å². The number of nitrogens with zero attached hydrogens (tertiary/aromatic N) is 4. The zero-order chi connectivity index (χ0) is 39.4. The van der Waals surface area contributed by atoms with Gasteiger partial charge in [0.05, 0.1) is 23.4 Å². The molecule has 0 spiro atoms. The van der Waals surface area contributed by atoms with Crippen LogP contribution in [0.3, 0.4) is 0 Å². The molecule has 0 aromatic heterocycles. The van der Waals surface area contributed by atoms with Crippen molar-refractivity contribution < 1.29 is 28.0 Å². The summed E-state index contributed by atoms with van der Waals surface area (Å²) in [5.74, 6) is -1.33. The number of aldehydes is 1. The molecule has 3 amide bonds. The van der Waals surface area contributed by atoms with Gasteiger partial charge in [-0.2, -0.15) is 10.5 Å². The van der Waals surface area contributed by atoms with Crippen LogP contribution in [0, 0.1) is 40.2 Å². The Labute approximate surface area is 313 Å². The Morgan fingerprint density at radius 3 is 2.30 bits per heavy atom. The van der Waals surface area contributed by atoms with Gasteiger partial charge in [0.2, 0.25) is 17.7 Å². The lowest BCUT2D eigenvalue weighted by molar-refractivity contribution is -0.134. The molecular formula is C42H42F2N6O4. The van der Waals surface area contributed by atoms with Gasteiger partial charge in [0.1, 0.15) is 17.7 Å². The van der Waals surface area contributed by atoms with E-state index in [0.717, 1.165) is 42.1 Å². The molecule has 0 radical (unpaired) electrons. The second kappa shape index (κ2) is 18.9. The number of rotatable bonds is 8. The number of halogens is 2. The second-order valence-electron chi connectivity index (χ2n) is 13.2. The van der Waals surface area contributed by atoms with Crippen LogP contribution in [0.5, 0.6) is 0 Å². The molecule has 1 unspecified atom stereocenters. The minimum absolute atomic E-state index is 0.240. The third kappa shape index (κ3) is 10.1. The number of nitrogens with one attached hydrogen (secondary N) is 1. The van der Waals surface area contributed by atoms with Gasteiger partial charge in [-0.1, -0.05) is 43.0 Å². The van der Waals surface area contributed by atoms with E-state index in [2.05, 4.69) is 17.6 Å². The minimum atomic E-state index is -0.555. The first-order chi connectivity index (χ1) is 25.9. The van der Waals surface area contributed by atoms with Gasteiger partial charge in [-0.3, -0.25) is 24.5 Å². The van der Waals surface area contributed by atoms with Gasteiger partial charge in [-0.05, 0) is 84.0 Å². The van der Waals surface area contributed by atoms with E-state index in [9.17, 15) is 23.6 Å². The number of nitrogens with two attached hydrogens (primary N) is 1. The Hall–Kier alpha value is -6.40. The lowest BCUT2D eigenvalue weighted by Crippen LogP contribution is -2.51. The Bertz CT molecular complexity index is 2130. The predicted octanol–water partition coefficient (Wildman–Crippen LogP) is 6.28. The molecule has 12 heteroatoms. The highest BCUT2D eigenvalue weighted by atomic mass is 19.1. The highest BCUT2D eigenvalue weighted by Gasteiger charge is 2.31. The molecule has 6 rings (SSSR count). The van der Waals surface area contributed by atoms with E-state index < -0.39 is 6.04 Å². The predicted molar refractivity (Wildman–Crippen MR) is 204 cm³/mol. The van der Waals surface area contributed by atoms with Crippen LogP contribution in [-0.4, -0.2) is 50.2 Å². The van der Waals surface area contributed by atoms with Gasteiger partial charge < -0.3 is 15.5 Å². The van der Waals surface area contributed by atoms with E-state index in [0.29, 0.717) is 65.3 Å². The summed E-state index contributed by atoms with van der Waals surface area (Å²) >= 11 is 0. The lowest BCUT2D eigenvalue weighted by Gasteiger charge is -2.34. The fourth-order valence-electron chi connectivity index (χ4n) is 6.85. The molecular weight excluding hydrogens is 690 g/mol. The molecule has 54 heavy (non-hydrogen) atoms. The van der Waals surface area contributed by atoms with Crippen molar-refractivity contribution in [2.75, 3.05) is 29.9 Å². The fraction of sp³-hybridized carbons (Fsp3) is 0.286. The average molecular weight is 733 g/mol. The number of fused-ring (bicyclic) bond motifs is 1. The van der Waals surface area contributed by atoms with Gasteiger partial charge in [0.25, 0.3) is 0 Å². The highest BCUT2D eigenvalue weighted by Crippen LogP contribution is 2.35. The molecule has 0 saturated carbocycles. The molecule has 4 aromatic rings. The van der Waals surface area contributed by atoms with E-state index >= 15 is 4.39 Å². The quantitative estimate of drug-likeness (QED) is 0.122. The average Bonchev–Trinajstić information content (AvgIpc) is 3.15. The third-order valence-corrected chi connectivity index (χ3v) is 9.47. The molecule has 2 aliphatic heterocycles. The number of amides is 3.